The Bertz CT molecular complexity index is 313. The van der Waals surface area contributed by atoms with Gasteiger partial charge in [-0.1, -0.05) is 24.6 Å². The van der Waals surface area contributed by atoms with Crippen LogP contribution in [-0.4, -0.2) is 19.6 Å². The summed E-state index contributed by atoms with van der Waals surface area (Å²) in [4.78, 5) is 0. The van der Waals surface area contributed by atoms with Crippen LogP contribution in [0.3, 0.4) is 0 Å². The summed E-state index contributed by atoms with van der Waals surface area (Å²) < 4.78 is 13.3. The Hall–Kier alpha value is -0.930. The van der Waals surface area contributed by atoms with Crippen molar-refractivity contribution in [3.05, 3.63) is 35.1 Å². The molecule has 0 bridgehead atoms. The Balaban J connectivity index is 2.23. The standard InChI is InChI=1S/C13H21FN2/c1-3-15-7-4-8-16-10-12-9-11(2)5-6-13(12)14/h5-6,9,15-16H,3-4,7-8,10H2,1-2H3. The van der Waals surface area contributed by atoms with Crippen molar-refractivity contribution in [2.75, 3.05) is 19.6 Å². The van der Waals surface area contributed by atoms with Crippen LogP contribution in [0.5, 0.6) is 0 Å². The summed E-state index contributed by atoms with van der Waals surface area (Å²) in [5, 5.41) is 6.50. The molecule has 0 aliphatic carbocycles. The van der Waals surface area contributed by atoms with Crippen LogP contribution in [0.25, 0.3) is 0 Å². The molecule has 1 aromatic rings. The summed E-state index contributed by atoms with van der Waals surface area (Å²) in [5.41, 5.74) is 1.86. The molecule has 0 aromatic heterocycles. The van der Waals surface area contributed by atoms with Gasteiger partial charge in [0.15, 0.2) is 0 Å². The molecule has 0 unspecified atom stereocenters. The minimum atomic E-state index is -0.121. The zero-order valence-corrected chi connectivity index (χ0v) is 10.1. The van der Waals surface area contributed by atoms with Gasteiger partial charge in [0.2, 0.25) is 0 Å². The van der Waals surface area contributed by atoms with Crippen molar-refractivity contribution < 1.29 is 4.39 Å². The average molecular weight is 224 g/mol. The largest absolute Gasteiger partial charge is 0.317 e. The van der Waals surface area contributed by atoms with Crippen LogP contribution >= 0.6 is 0 Å². The van der Waals surface area contributed by atoms with Crippen molar-refractivity contribution in [1.82, 2.24) is 10.6 Å². The van der Waals surface area contributed by atoms with E-state index in [0.717, 1.165) is 37.2 Å². The first kappa shape index (κ1) is 13.1. The molecule has 0 aliphatic heterocycles. The lowest BCUT2D eigenvalue weighted by atomic mass is 10.1. The van der Waals surface area contributed by atoms with E-state index in [2.05, 4.69) is 17.6 Å². The SMILES string of the molecule is CCNCCCNCc1cc(C)ccc1F. The third kappa shape index (κ3) is 4.73. The zero-order valence-electron chi connectivity index (χ0n) is 10.1. The summed E-state index contributed by atoms with van der Waals surface area (Å²) >= 11 is 0. The van der Waals surface area contributed by atoms with E-state index in [1.54, 1.807) is 6.07 Å². The van der Waals surface area contributed by atoms with Gasteiger partial charge in [0.25, 0.3) is 0 Å². The molecule has 16 heavy (non-hydrogen) atoms. The van der Waals surface area contributed by atoms with Crippen LogP contribution in [0.4, 0.5) is 4.39 Å². The van der Waals surface area contributed by atoms with Crippen molar-refractivity contribution in [2.24, 2.45) is 0 Å². The highest BCUT2D eigenvalue weighted by molar-refractivity contribution is 5.23. The number of rotatable bonds is 7. The fourth-order valence-electron chi connectivity index (χ4n) is 1.58. The molecule has 3 heteroatoms. The van der Waals surface area contributed by atoms with Crippen LogP contribution in [0, 0.1) is 12.7 Å². The Kier molecular flexibility index (Phi) is 6.04. The molecule has 0 spiro atoms. The highest BCUT2D eigenvalue weighted by Gasteiger charge is 2.00. The number of hydrogen-bond acceptors (Lipinski definition) is 2. The van der Waals surface area contributed by atoms with Gasteiger partial charge >= 0.3 is 0 Å². The second kappa shape index (κ2) is 7.36. The first-order valence-corrected chi connectivity index (χ1v) is 5.90. The summed E-state index contributed by atoms with van der Waals surface area (Å²) in [6.45, 7) is 7.62. The third-order valence-corrected chi connectivity index (χ3v) is 2.47. The molecule has 0 heterocycles. The van der Waals surface area contributed by atoms with Crippen molar-refractivity contribution in [3.63, 3.8) is 0 Å². The van der Waals surface area contributed by atoms with Gasteiger partial charge in [-0.15, -0.1) is 0 Å². The summed E-state index contributed by atoms with van der Waals surface area (Å²) in [7, 11) is 0. The maximum Gasteiger partial charge on any atom is 0.127 e. The number of halogens is 1. The van der Waals surface area contributed by atoms with Gasteiger partial charge in [0.05, 0.1) is 0 Å². The first-order valence-electron chi connectivity index (χ1n) is 5.90. The van der Waals surface area contributed by atoms with Gasteiger partial charge in [0.1, 0.15) is 5.82 Å². The van der Waals surface area contributed by atoms with Crippen molar-refractivity contribution >= 4 is 0 Å². The van der Waals surface area contributed by atoms with E-state index in [1.165, 1.54) is 6.07 Å². The lowest BCUT2D eigenvalue weighted by molar-refractivity contribution is 0.571. The predicted molar refractivity (Wildman–Crippen MR) is 66.0 cm³/mol. The molecule has 0 saturated carbocycles. The van der Waals surface area contributed by atoms with Crippen LogP contribution in [0.15, 0.2) is 18.2 Å². The second-order valence-electron chi connectivity index (χ2n) is 3.98. The van der Waals surface area contributed by atoms with Crippen molar-refractivity contribution in [2.45, 2.75) is 26.8 Å². The highest BCUT2D eigenvalue weighted by atomic mass is 19.1. The number of nitrogens with one attached hydrogen (secondary N) is 2. The van der Waals surface area contributed by atoms with Crippen molar-refractivity contribution in [1.29, 1.82) is 0 Å². The van der Waals surface area contributed by atoms with E-state index >= 15 is 0 Å². The normalized spacial score (nSPS) is 10.7. The highest BCUT2D eigenvalue weighted by Crippen LogP contribution is 2.09. The maximum atomic E-state index is 13.3. The van der Waals surface area contributed by atoms with Gasteiger partial charge in [-0.2, -0.15) is 0 Å². The number of hydrogen-bond donors (Lipinski definition) is 2. The second-order valence-corrected chi connectivity index (χ2v) is 3.98. The van der Waals surface area contributed by atoms with E-state index in [4.69, 9.17) is 0 Å². The lowest BCUT2D eigenvalue weighted by Crippen LogP contribution is -2.21. The van der Waals surface area contributed by atoms with Gasteiger partial charge in [-0.25, -0.2) is 4.39 Å². The third-order valence-electron chi connectivity index (χ3n) is 2.47. The Morgan fingerprint density at radius 3 is 2.69 bits per heavy atom. The quantitative estimate of drug-likeness (QED) is 0.694. The molecule has 1 aromatic carbocycles. The minimum absolute atomic E-state index is 0.121. The summed E-state index contributed by atoms with van der Waals surface area (Å²) in [5.74, 6) is -0.121. The predicted octanol–water partition coefficient (Wildman–Crippen LogP) is 2.22. The van der Waals surface area contributed by atoms with Gasteiger partial charge < -0.3 is 10.6 Å². The molecule has 90 valence electrons. The molecular formula is C13H21FN2. The summed E-state index contributed by atoms with van der Waals surface area (Å²) in [6.07, 6.45) is 1.07. The van der Waals surface area contributed by atoms with Gasteiger partial charge in [-0.3, -0.25) is 0 Å². The summed E-state index contributed by atoms with van der Waals surface area (Å²) in [6, 6.07) is 5.22. The van der Waals surface area contributed by atoms with Crippen LogP contribution < -0.4 is 10.6 Å². The molecule has 1 rings (SSSR count). The fourth-order valence-corrected chi connectivity index (χ4v) is 1.58. The maximum absolute atomic E-state index is 13.3. The Morgan fingerprint density at radius 2 is 1.94 bits per heavy atom. The van der Waals surface area contributed by atoms with Gasteiger partial charge in [0, 0.05) is 12.1 Å². The monoisotopic (exact) mass is 224 g/mol. The topological polar surface area (TPSA) is 24.1 Å². The molecular weight excluding hydrogens is 203 g/mol. The molecule has 2 N–H and O–H groups in total. The molecule has 2 nitrogen and oxygen atoms in total. The number of aryl methyl sites for hydroxylation is 1. The van der Waals surface area contributed by atoms with E-state index in [0.29, 0.717) is 6.54 Å². The molecule has 0 amide bonds. The number of benzene rings is 1. The Morgan fingerprint density at radius 1 is 1.19 bits per heavy atom. The van der Waals surface area contributed by atoms with Crippen LogP contribution in [-0.2, 0) is 6.54 Å². The van der Waals surface area contributed by atoms with Crippen LogP contribution in [0.1, 0.15) is 24.5 Å². The fraction of sp³-hybridized carbons (Fsp3) is 0.538. The molecule has 0 fully saturated rings. The molecule has 0 saturated heterocycles. The van der Waals surface area contributed by atoms with Crippen molar-refractivity contribution in [3.8, 4) is 0 Å². The van der Waals surface area contributed by atoms with E-state index < -0.39 is 0 Å². The zero-order chi connectivity index (χ0) is 11.8. The van der Waals surface area contributed by atoms with E-state index in [-0.39, 0.29) is 5.82 Å². The smallest absolute Gasteiger partial charge is 0.127 e. The Labute approximate surface area is 97.3 Å². The first-order chi connectivity index (χ1) is 7.74. The molecule has 0 atom stereocenters. The molecule has 0 aliphatic rings. The average Bonchev–Trinajstić information content (AvgIpc) is 2.28. The lowest BCUT2D eigenvalue weighted by Gasteiger charge is -2.07. The van der Waals surface area contributed by atoms with Crippen LogP contribution in [0.2, 0.25) is 0 Å². The van der Waals surface area contributed by atoms with E-state index in [1.807, 2.05) is 13.0 Å². The van der Waals surface area contributed by atoms with Gasteiger partial charge in [-0.05, 0) is 39.0 Å². The minimum Gasteiger partial charge on any atom is -0.317 e. The molecule has 0 radical (unpaired) electrons. The van der Waals surface area contributed by atoms with E-state index in [9.17, 15) is 4.39 Å².